The summed E-state index contributed by atoms with van der Waals surface area (Å²) in [6, 6.07) is 19.5. The number of ketones is 1. The van der Waals surface area contributed by atoms with Gasteiger partial charge in [0.25, 0.3) is 0 Å². The van der Waals surface area contributed by atoms with Crippen LogP contribution in [0.15, 0.2) is 71.6 Å². The molecule has 0 saturated heterocycles. The Balaban J connectivity index is 2.03. The molecule has 0 radical (unpaired) electrons. The van der Waals surface area contributed by atoms with Crippen molar-refractivity contribution in [1.82, 2.24) is 4.72 Å². The largest absolute Gasteiger partial charge is 0.292 e. The lowest BCUT2D eigenvalue weighted by Crippen LogP contribution is -2.53. The molecule has 3 aromatic rings. The molecule has 0 amide bonds. The molecule has 1 heterocycles. The molecule has 0 fully saturated rings. The SMILES string of the molecule is CC1(c2cccc3ccccc23)NS(=O)(=O)c2ccccc2C1=O. The molecule has 0 saturated carbocycles. The molecule has 1 N–H and O–H groups in total. The van der Waals surface area contributed by atoms with Gasteiger partial charge in [-0.2, -0.15) is 4.72 Å². The highest BCUT2D eigenvalue weighted by Crippen LogP contribution is 2.37. The van der Waals surface area contributed by atoms with Gasteiger partial charge < -0.3 is 0 Å². The van der Waals surface area contributed by atoms with Crippen LogP contribution in [0.2, 0.25) is 0 Å². The fraction of sp³-hybridized carbons (Fsp3) is 0.105. The van der Waals surface area contributed by atoms with Gasteiger partial charge in [0.15, 0.2) is 5.78 Å². The highest BCUT2D eigenvalue weighted by atomic mass is 32.2. The topological polar surface area (TPSA) is 63.2 Å². The van der Waals surface area contributed by atoms with Crippen LogP contribution in [0.5, 0.6) is 0 Å². The van der Waals surface area contributed by atoms with Gasteiger partial charge in [-0.05, 0) is 35.4 Å². The predicted octanol–water partition coefficient (Wildman–Crippen LogP) is 3.23. The quantitative estimate of drug-likeness (QED) is 0.741. The Bertz CT molecular complexity index is 1080. The van der Waals surface area contributed by atoms with Crippen LogP contribution >= 0.6 is 0 Å². The van der Waals surface area contributed by atoms with Crippen molar-refractivity contribution in [3.8, 4) is 0 Å². The lowest BCUT2D eigenvalue weighted by atomic mass is 9.82. The standard InChI is InChI=1S/C19H15NO3S/c1-19(16-11-6-8-13-7-2-3-9-14(13)16)18(21)15-10-4-5-12-17(15)24(22,23)20-19/h2-12,20H,1H3. The lowest BCUT2D eigenvalue weighted by Gasteiger charge is -2.35. The molecule has 0 aliphatic carbocycles. The van der Waals surface area contributed by atoms with E-state index in [0.717, 1.165) is 10.8 Å². The second-order valence-electron chi connectivity index (χ2n) is 6.08. The average Bonchev–Trinajstić information content (AvgIpc) is 2.59. The summed E-state index contributed by atoms with van der Waals surface area (Å²) in [6.07, 6.45) is 0. The fourth-order valence-corrected chi connectivity index (χ4v) is 4.92. The van der Waals surface area contributed by atoms with Crippen molar-refractivity contribution in [2.75, 3.05) is 0 Å². The molecule has 120 valence electrons. The zero-order chi connectivity index (χ0) is 16.9. The van der Waals surface area contributed by atoms with E-state index < -0.39 is 15.6 Å². The van der Waals surface area contributed by atoms with E-state index in [1.165, 1.54) is 6.07 Å². The van der Waals surface area contributed by atoms with Crippen molar-refractivity contribution in [3.05, 3.63) is 77.9 Å². The van der Waals surface area contributed by atoms with Crippen LogP contribution in [0, 0.1) is 0 Å². The molecule has 0 spiro atoms. The zero-order valence-electron chi connectivity index (χ0n) is 13.0. The van der Waals surface area contributed by atoms with Crippen LogP contribution in [-0.4, -0.2) is 14.2 Å². The summed E-state index contributed by atoms with van der Waals surface area (Å²) in [4.78, 5) is 13.2. The Hall–Kier alpha value is -2.50. The Morgan fingerprint density at radius 3 is 2.38 bits per heavy atom. The first-order valence-corrected chi connectivity index (χ1v) is 9.08. The van der Waals surface area contributed by atoms with E-state index in [-0.39, 0.29) is 16.2 Å². The molecule has 24 heavy (non-hydrogen) atoms. The second kappa shape index (κ2) is 5.00. The molecule has 3 aromatic carbocycles. The van der Waals surface area contributed by atoms with Crippen LogP contribution in [0.4, 0.5) is 0 Å². The number of benzene rings is 3. The number of carbonyl (C=O) groups excluding carboxylic acids is 1. The van der Waals surface area contributed by atoms with E-state index in [0.29, 0.717) is 5.56 Å². The van der Waals surface area contributed by atoms with Gasteiger partial charge in [-0.3, -0.25) is 4.79 Å². The molecular weight excluding hydrogens is 322 g/mol. The first kappa shape index (κ1) is 15.1. The van der Waals surface area contributed by atoms with Gasteiger partial charge in [-0.1, -0.05) is 54.6 Å². The number of carbonyl (C=O) groups is 1. The van der Waals surface area contributed by atoms with Gasteiger partial charge in [-0.25, -0.2) is 8.42 Å². The zero-order valence-corrected chi connectivity index (χ0v) is 13.8. The van der Waals surface area contributed by atoms with Gasteiger partial charge in [-0.15, -0.1) is 0 Å². The summed E-state index contributed by atoms with van der Waals surface area (Å²) in [7, 11) is -3.77. The van der Waals surface area contributed by atoms with E-state index >= 15 is 0 Å². The maximum absolute atomic E-state index is 13.1. The van der Waals surface area contributed by atoms with Crippen LogP contribution in [0.1, 0.15) is 22.8 Å². The van der Waals surface area contributed by atoms with Crippen molar-refractivity contribution >= 4 is 26.6 Å². The van der Waals surface area contributed by atoms with E-state index in [2.05, 4.69) is 4.72 Å². The van der Waals surface area contributed by atoms with Crippen molar-refractivity contribution in [2.45, 2.75) is 17.4 Å². The van der Waals surface area contributed by atoms with Crippen molar-refractivity contribution in [3.63, 3.8) is 0 Å². The minimum atomic E-state index is -3.77. The molecule has 4 nitrogen and oxygen atoms in total. The molecule has 4 rings (SSSR count). The van der Waals surface area contributed by atoms with Crippen LogP contribution in [0.25, 0.3) is 10.8 Å². The summed E-state index contributed by atoms with van der Waals surface area (Å²) >= 11 is 0. The van der Waals surface area contributed by atoms with Gasteiger partial charge >= 0.3 is 0 Å². The van der Waals surface area contributed by atoms with Gasteiger partial charge in [0.1, 0.15) is 5.54 Å². The number of hydrogen-bond donors (Lipinski definition) is 1. The van der Waals surface area contributed by atoms with Gasteiger partial charge in [0.05, 0.1) is 4.90 Å². The monoisotopic (exact) mass is 337 g/mol. The lowest BCUT2D eigenvalue weighted by molar-refractivity contribution is 0.0876. The maximum atomic E-state index is 13.1. The minimum absolute atomic E-state index is 0.0349. The number of fused-ring (bicyclic) bond motifs is 2. The predicted molar refractivity (Wildman–Crippen MR) is 92.4 cm³/mol. The highest BCUT2D eigenvalue weighted by molar-refractivity contribution is 7.89. The number of Topliss-reactive ketones (excluding diaryl/α,β-unsaturated/α-hetero) is 1. The summed E-state index contributed by atoms with van der Waals surface area (Å²) < 4.78 is 28.0. The fourth-order valence-electron chi connectivity index (χ4n) is 3.37. The number of hydrogen-bond acceptors (Lipinski definition) is 3. The number of sulfonamides is 1. The molecule has 1 unspecified atom stereocenters. The highest BCUT2D eigenvalue weighted by Gasteiger charge is 2.46. The van der Waals surface area contributed by atoms with E-state index in [9.17, 15) is 13.2 Å². The third-order valence-corrected chi connectivity index (χ3v) is 6.15. The van der Waals surface area contributed by atoms with Crippen molar-refractivity contribution < 1.29 is 13.2 Å². The minimum Gasteiger partial charge on any atom is -0.292 e. The Labute approximate surface area is 140 Å². The van der Waals surface area contributed by atoms with Crippen LogP contribution in [-0.2, 0) is 15.6 Å². The smallest absolute Gasteiger partial charge is 0.242 e. The van der Waals surface area contributed by atoms with Crippen molar-refractivity contribution in [1.29, 1.82) is 0 Å². The molecule has 1 aliphatic rings. The molecule has 5 heteroatoms. The Kier molecular flexibility index (Phi) is 3.13. The first-order valence-electron chi connectivity index (χ1n) is 7.59. The number of nitrogens with one attached hydrogen (secondary N) is 1. The van der Waals surface area contributed by atoms with E-state index in [4.69, 9.17) is 0 Å². The third kappa shape index (κ3) is 2.02. The Morgan fingerprint density at radius 2 is 1.54 bits per heavy atom. The van der Waals surface area contributed by atoms with Gasteiger partial charge in [0, 0.05) is 5.56 Å². The third-order valence-electron chi connectivity index (χ3n) is 4.54. The summed E-state index contributed by atoms with van der Waals surface area (Å²) in [5.41, 5.74) is -0.455. The molecular formula is C19H15NO3S. The summed E-state index contributed by atoms with van der Waals surface area (Å²) in [6.45, 7) is 1.63. The molecule has 1 aliphatic heterocycles. The molecule has 0 aromatic heterocycles. The normalized spacial score (nSPS) is 22.3. The van der Waals surface area contributed by atoms with E-state index in [1.807, 2.05) is 36.4 Å². The second-order valence-corrected chi connectivity index (χ2v) is 7.73. The average molecular weight is 337 g/mol. The summed E-state index contributed by atoms with van der Waals surface area (Å²) in [5, 5.41) is 1.82. The molecule has 0 bridgehead atoms. The van der Waals surface area contributed by atoms with E-state index in [1.54, 1.807) is 31.2 Å². The summed E-state index contributed by atoms with van der Waals surface area (Å²) in [5.74, 6) is -0.246. The van der Waals surface area contributed by atoms with Gasteiger partial charge in [0.2, 0.25) is 10.0 Å². The maximum Gasteiger partial charge on any atom is 0.242 e. The first-order chi connectivity index (χ1) is 11.4. The number of rotatable bonds is 1. The van der Waals surface area contributed by atoms with Crippen molar-refractivity contribution in [2.24, 2.45) is 0 Å². The Morgan fingerprint density at radius 1 is 0.875 bits per heavy atom. The van der Waals surface area contributed by atoms with Crippen LogP contribution in [0.3, 0.4) is 0 Å². The molecule has 1 atom stereocenters. The van der Waals surface area contributed by atoms with Crippen LogP contribution < -0.4 is 4.72 Å².